The fourth-order valence-corrected chi connectivity index (χ4v) is 3.47. The Hall–Kier alpha value is -1.18. The van der Waals surface area contributed by atoms with Crippen molar-refractivity contribution in [2.24, 2.45) is 0 Å². The summed E-state index contributed by atoms with van der Waals surface area (Å²) in [7, 11) is 0. The summed E-state index contributed by atoms with van der Waals surface area (Å²) in [5, 5.41) is 12.2. The van der Waals surface area contributed by atoms with Crippen LogP contribution in [0, 0.1) is 14.4 Å². The quantitative estimate of drug-likeness (QED) is 0.480. The molecule has 0 spiro atoms. The number of aromatic hydroxyl groups is 1. The van der Waals surface area contributed by atoms with E-state index in [1.54, 1.807) is 36.6 Å². The summed E-state index contributed by atoms with van der Waals surface area (Å²) in [6.07, 6.45) is -4.53. The first-order chi connectivity index (χ1) is 11.8. The molecular weight excluding hydrogens is 452 g/mol. The van der Waals surface area contributed by atoms with Gasteiger partial charge in [0.1, 0.15) is 17.1 Å². The van der Waals surface area contributed by atoms with Crippen LogP contribution in [0.1, 0.15) is 19.4 Å². The molecule has 1 aromatic carbocycles. The van der Waals surface area contributed by atoms with Crippen LogP contribution >= 0.6 is 11.3 Å². The molecule has 3 aromatic rings. The molecule has 0 fully saturated rings. The zero-order valence-electron chi connectivity index (χ0n) is 15.6. The average molecular weight is 473 g/mol. The van der Waals surface area contributed by atoms with E-state index in [1.807, 2.05) is 13.8 Å². The first kappa shape index (κ1) is 25.8. The Labute approximate surface area is 185 Å². The third-order valence-corrected chi connectivity index (χ3v) is 4.53. The number of aromatic nitrogens is 1. The maximum Gasteiger partial charge on any atom is 0.406 e. The first-order valence-corrected chi connectivity index (χ1v) is 8.63. The Bertz CT molecular complexity index is 948. The van der Waals surface area contributed by atoms with E-state index in [0.717, 1.165) is 11.3 Å². The number of alkyl halides is 3. The van der Waals surface area contributed by atoms with E-state index in [-0.39, 0.29) is 61.7 Å². The van der Waals surface area contributed by atoms with Crippen molar-refractivity contribution in [1.82, 2.24) is 4.57 Å². The molecular formula is C19H21F3NO2SY-. The predicted octanol–water partition coefficient (Wildman–Crippen LogP) is 5.78. The third-order valence-electron chi connectivity index (χ3n) is 3.59. The maximum atomic E-state index is 12.9. The Morgan fingerprint density at radius 3 is 2.30 bits per heavy atom. The molecule has 3 rings (SSSR count). The minimum Gasteiger partial charge on any atom is -0.506 e. The summed E-state index contributed by atoms with van der Waals surface area (Å²) < 4.78 is 39.2. The van der Waals surface area contributed by atoms with E-state index >= 15 is 0 Å². The number of rotatable bonds is 2. The topological polar surface area (TPSA) is 42.2 Å². The summed E-state index contributed by atoms with van der Waals surface area (Å²) in [6, 6.07) is 8.30. The minimum absolute atomic E-state index is 0. The molecule has 0 atom stereocenters. The average Bonchev–Trinajstić information content (AvgIpc) is 3.04. The van der Waals surface area contributed by atoms with Crippen LogP contribution in [-0.2, 0) is 39.3 Å². The van der Waals surface area contributed by atoms with Crippen LogP contribution in [0.2, 0.25) is 0 Å². The van der Waals surface area contributed by atoms with Gasteiger partial charge in [0.2, 0.25) is 0 Å². The normalized spacial score (nSPS) is 10.4. The molecule has 0 aliphatic carbocycles. The number of fused-ring (bicyclic) bond motifs is 1. The second-order valence-corrected chi connectivity index (χ2v) is 6.08. The largest absolute Gasteiger partial charge is 0.506 e. The molecule has 1 N–H and O–H groups in total. The van der Waals surface area contributed by atoms with E-state index in [4.69, 9.17) is 0 Å². The summed E-state index contributed by atoms with van der Waals surface area (Å²) in [6.45, 7) is 4.35. The van der Waals surface area contributed by atoms with Crippen molar-refractivity contribution in [2.75, 3.05) is 0 Å². The van der Waals surface area contributed by atoms with Gasteiger partial charge in [0.25, 0.3) is 5.56 Å². The van der Waals surface area contributed by atoms with E-state index in [1.165, 1.54) is 6.07 Å². The molecule has 2 aromatic heterocycles. The number of pyridine rings is 1. The summed E-state index contributed by atoms with van der Waals surface area (Å²) in [5.41, 5.74) is 0.189. The van der Waals surface area contributed by atoms with Crippen molar-refractivity contribution in [2.45, 2.75) is 33.5 Å². The molecule has 0 bridgehead atoms. The van der Waals surface area contributed by atoms with Gasteiger partial charge >= 0.3 is 6.18 Å². The molecule has 8 heteroatoms. The van der Waals surface area contributed by atoms with E-state index < -0.39 is 18.3 Å². The van der Waals surface area contributed by atoms with Crippen LogP contribution in [0.3, 0.4) is 0 Å². The molecule has 0 aliphatic heterocycles. The first-order valence-electron chi connectivity index (χ1n) is 7.75. The Morgan fingerprint density at radius 1 is 1.15 bits per heavy atom. The monoisotopic (exact) mass is 473 g/mol. The van der Waals surface area contributed by atoms with Gasteiger partial charge in [0, 0.05) is 32.7 Å². The van der Waals surface area contributed by atoms with E-state index in [9.17, 15) is 23.1 Å². The van der Waals surface area contributed by atoms with Crippen molar-refractivity contribution in [3.05, 3.63) is 59.1 Å². The van der Waals surface area contributed by atoms with Crippen LogP contribution in [0.25, 0.3) is 21.3 Å². The molecule has 0 amide bonds. The zero-order chi connectivity index (χ0) is 18.8. The van der Waals surface area contributed by atoms with Gasteiger partial charge < -0.3 is 12.5 Å². The molecule has 1 radical (unpaired) electrons. The van der Waals surface area contributed by atoms with Crippen molar-refractivity contribution in [3.63, 3.8) is 0 Å². The van der Waals surface area contributed by atoms with Gasteiger partial charge in [0.05, 0.1) is 10.9 Å². The molecule has 0 saturated carbocycles. The van der Waals surface area contributed by atoms with Gasteiger partial charge in [-0.15, -0.1) is 11.3 Å². The summed E-state index contributed by atoms with van der Waals surface area (Å²) in [4.78, 5) is 12.8. The third kappa shape index (κ3) is 5.42. The number of thiophene rings is 1. The zero-order valence-corrected chi connectivity index (χ0v) is 19.2. The summed E-state index contributed by atoms with van der Waals surface area (Å²) in [5.74, 6) is -0.279. The molecule has 3 nitrogen and oxygen atoms in total. The fraction of sp³-hybridized carbons (Fsp3) is 0.263. The van der Waals surface area contributed by atoms with Crippen LogP contribution in [0.5, 0.6) is 5.75 Å². The minimum atomic E-state index is -4.53. The number of benzene rings is 1. The number of nitrogens with zero attached hydrogens (tertiary/aromatic N) is 1. The molecule has 145 valence electrons. The SMILES string of the molecule is CC.Cc1ccccc1-c1c(O)c2ccsc2n(CC(F)(F)F)c1=O.[CH3-].[Y]. The van der Waals surface area contributed by atoms with Gasteiger partial charge in [-0.1, -0.05) is 38.1 Å². The van der Waals surface area contributed by atoms with Gasteiger partial charge in [-0.25, -0.2) is 0 Å². The molecule has 27 heavy (non-hydrogen) atoms. The van der Waals surface area contributed by atoms with Crippen LogP contribution < -0.4 is 5.56 Å². The maximum absolute atomic E-state index is 12.9. The van der Waals surface area contributed by atoms with Gasteiger partial charge in [0.15, 0.2) is 0 Å². The second-order valence-electron chi connectivity index (χ2n) is 5.18. The van der Waals surface area contributed by atoms with Gasteiger partial charge in [-0.05, 0) is 29.5 Å². The molecule has 0 saturated heterocycles. The standard InChI is InChI=1S/C16H12F3NO2S.C2H6.CH3.Y/c1-9-4-2-3-5-10(9)12-13(21)11-6-7-23-15(11)20(14(12)22)8-16(17,18)19;1-2;;/h2-7,21H,8H2,1H3;1-2H3;1H3;/q;;-1;. The van der Waals surface area contributed by atoms with E-state index in [0.29, 0.717) is 15.7 Å². The van der Waals surface area contributed by atoms with Crippen molar-refractivity contribution in [3.8, 4) is 16.9 Å². The number of aryl methyl sites for hydroxylation is 1. The Morgan fingerprint density at radius 2 is 1.74 bits per heavy atom. The van der Waals surface area contributed by atoms with Crippen LogP contribution in [-0.4, -0.2) is 15.8 Å². The second kappa shape index (κ2) is 10.4. The Balaban J connectivity index is 0.00000164. The Kier molecular flexibility index (Phi) is 9.94. The smallest absolute Gasteiger partial charge is 0.406 e. The molecule has 0 aliphatic rings. The van der Waals surface area contributed by atoms with Crippen molar-refractivity contribution in [1.29, 1.82) is 0 Å². The predicted molar refractivity (Wildman–Crippen MR) is 102 cm³/mol. The number of hydrogen-bond donors (Lipinski definition) is 1. The van der Waals surface area contributed by atoms with Gasteiger partial charge in [-0.3, -0.25) is 9.36 Å². The van der Waals surface area contributed by atoms with E-state index in [2.05, 4.69) is 0 Å². The van der Waals surface area contributed by atoms with Crippen LogP contribution in [0.4, 0.5) is 13.2 Å². The number of halogens is 3. The van der Waals surface area contributed by atoms with Crippen molar-refractivity contribution >= 4 is 21.6 Å². The van der Waals surface area contributed by atoms with Gasteiger partial charge in [-0.2, -0.15) is 13.2 Å². The molecule has 2 heterocycles. The fourth-order valence-electron chi connectivity index (χ4n) is 2.57. The number of hydrogen-bond acceptors (Lipinski definition) is 3. The van der Waals surface area contributed by atoms with Crippen molar-refractivity contribution < 1.29 is 51.0 Å². The molecule has 0 unspecified atom stereocenters. The van der Waals surface area contributed by atoms with Crippen LogP contribution in [0.15, 0.2) is 40.5 Å². The summed E-state index contributed by atoms with van der Waals surface area (Å²) >= 11 is 0.994.